The molecule has 1 fully saturated rings. The van der Waals surface area contributed by atoms with Crippen LogP contribution in [0.15, 0.2) is 18.2 Å². The van der Waals surface area contributed by atoms with Gasteiger partial charge < -0.3 is 10.0 Å². The van der Waals surface area contributed by atoms with Gasteiger partial charge in [-0.3, -0.25) is 0 Å². The highest BCUT2D eigenvalue weighted by molar-refractivity contribution is 5.18. The molecule has 1 aromatic carbocycles. The van der Waals surface area contributed by atoms with Crippen LogP contribution in [0.1, 0.15) is 18.4 Å². The highest BCUT2D eigenvalue weighted by atomic mass is 19.2. The van der Waals surface area contributed by atoms with E-state index in [4.69, 9.17) is 0 Å². The molecular weight excluding hydrogens is 236 g/mol. The van der Waals surface area contributed by atoms with E-state index in [1.807, 2.05) is 7.05 Å². The number of rotatable bonds is 6. The molecule has 0 saturated heterocycles. The van der Waals surface area contributed by atoms with Crippen LogP contribution in [0.2, 0.25) is 0 Å². The second kappa shape index (κ2) is 5.33. The monoisotopic (exact) mass is 255 g/mol. The second-order valence-electron chi connectivity index (χ2n) is 5.39. The lowest BCUT2D eigenvalue weighted by Crippen LogP contribution is -2.30. The number of aliphatic hydroxyl groups excluding tert-OH is 1. The van der Waals surface area contributed by atoms with Gasteiger partial charge in [0.15, 0.2) is 11.6 Å². The Morgan fingerprint density at radius 2 is 2.00 bits per heavy atom. The molecule has 100 valence electrons. The molecule has 4 heteroatoms. The Bertz CT molecular complexity index is 418. The van der Waals surface area contributed by atoms with Gasteiger partial charge in [0.2, 0.25) is 0 Å². The Morgan fingerprint density at radius 1 is 1.28 bits per heavy atom. The first-order valence-electron chi connectivity index (χ1n) is 6.28. The normalized spacial score (nSPS) is 17.2. The Hall–Kier alpha value is -1.00. The molecule has 1 aliphatic carbocycles. The van der Waals surface area contributed by atoms with Gasteiger partial charge in [-0.05, 0) is 44.0 Å². The van der Waals surface area contributed by atoms with Crippen LogP contribution in [0.25, 0.3) is 0 Å². The minimum absolute atomic E-state index is 0.1000. The predicted molar refractivity (Wildman–Crippen MR) is 66.3 cm³/mol. The molecule has 1 N–H and O–H groups in total. The molecule has 1 aliphatic rings. The molecule has 0 spiro atoms. The molecule has 0 unspecified atom stereocenters. The van der Waals surface area contributed by atoms with Crippen LogP contribution in [0.4, 0.5) is 8.78 Å². The van der Waals surface area contributed by atoms with Gasteiger partial charge in [-0.2, -0.15) is 0 Å². The molecule has 0 aromatic heterocycles. The van der Waals surface area contributed by atoms with Crippen molar-refractivity contribution in [2.45, 2.75) is 19.3 Å². The second-order valence-corrected chi connectivity index (χ2v) is 5.39. The van der Waals surface area contributed by atoms with Crippen LogP contribution in [-0.2, 0) is 6.42 Å². The maximum atomic E-state index is 13.0. The minimum Gasteiger partial charge on any atom is -0.396 e. The molecule has 1 aromatic rings. The standard InChI is InChI=1S/C14H19F2NO/c1-17(9-14(10-18)5-6-14)7-4-11-2-3-12(15)13(16)8-11/h2-3,8,18H,4-7,9-10H2,1H3. The summed E-state index contributed by atoms with van der Waals surface area (Å²) in [4.78, 5) is 2.14. The summed E-state index contributed by atoms with van der Waals surface area (Å²) < 4.78 is 25.8. The predicted octanol–water partition coefficient (Wildman–Crippen LogP) is 2.21. The quantitative estimate of drug-likeness (QED) is 0.842. The van der Waals surface area contributed by atoms with Crippen LogP contribution in [0.3, 0.4) is 0 Å². The Kier molecular flexibility index (Phi) is 3.97. The third-order valence-electron chi connectivity index (χ3n) is 3.66. The van der Waals surface area contributed by atoms with Crippen molar-refractivity contribution >= 4 is 0 Å². The molecule has 0 amide bonds. The van der Waals surface area contributed by atoms with Gasteiger partial charge in [0.1, 0.15) is 0 Å². The average molecular weight is 255 g/mol. The zero-order chi connectivity index (χ0) is 13.2. The highest BCUT2D eigenvalue weighted by Gasteiger charge is 2.42. The SMILES string of the molecule is CN(CCc1ccc(F)c(F)c1)CC1(CO)CC1. The summed E-state index contributed by atoms with van der Waals surface area (Å²) in [7, 11) is 2.00. The van der Waals surface area contributed by atoms with Gasteiger partial charge in [-0.25, -0.2) is 8.78 Å². The number of hydrogen-bond acceptors (Lipinski definition) is 2. The zero-order valence-corrected chi connectivity index (χ0v) is 10.6. The summed E-state index contributed by atoms with van der Waals surface area (Å²) >= 11 is 0. The lowest BCUT2D eigenvalue weighted by molar-refractivity contribution is 0.165. The Labute approximate surface area is 106 Å². The van der Waals surface area contributed by atoms with Gasteiger partial charge in [0, 0.05) is 25.1 Å². The van der Waals surface area contributed by atoms with Crippen LogP contribution < -0.4 is 0 Å². The van der Waals surface area contributed by atoms with E-state index in [0.717, 1.165) is 31.5 Å². The summed E-state index contributed by atoms with van der Waals surface area (Å²) in [5.74, 6) is -1.59. The van der Waals surface area contributed by atoms with Crippen molar-refractivity contribution in [3.8, 4) is 0 Å². The molecule has 0 heterocycles. The van der Waals surface area contributed by atoms with Gasteiger partial charge >= 0.3 is 0 Å². The van der Waals surface area contributed by atoms with Crippen LogP contribution in [0, 0.1) is 17.0 Å². The van der Waals surface area contributed by atoms with Crippen LogP contribution in [0.5, 0.6) is 0 Å². The maximum Gasteiger partial charge on any atom is 0.159 e. The molecule has 18 heavy (non-hydrogen) atoms. The molecular formula is C14H19F2NO. The van der Waals surface area contributed by atoms with Crippen molar-refractivity contribution in [1.29, 1.82) is 0 Å². The first-order valence-corrected chi connectivity index (χ1v) is 6.28. The molecule has 0 bridgehead atoms. The summed E-state index contributed by atoms with van der Waals surface area (Å²) in [6.07, 6.45) is 2.85. The van der Waals surface area contributed by atoms with Crippen molar-refractivity contribution in [2.24, 2.45) is 5.41 Å². The van der Waals surface area contributed by atoms with Gasteiger partial charge in [0.05, 0.1) is 0 Å². The third-order valence-corrected chi connectivity index (χ3v) is 3.66. The number of benzene rings is 1. The molecule has 2 rings (SSSR count). The summed E-state index contributed by atoms with van der Waals surface area (Å²) in [6.45, 7) is 1.89. The molecule has 2 nitrogen and oxygen atoms in total. The van der Waals surface area contributed by atoms with E-state index in [1.165, 1.54) is 12.1 Å². The van der Waals surface area contributed by atoms with E-state index in [0.29, 0.717) is 6.42 Å². The fraction of sp³-hybridized carbons (Fsp3) is 0.571. The number of likely N-dealkylation sites (N-methyl/N-ethyl adjacent to an activating group) is 1. The maximum absolute atomic E-state index is 13.0. The van der Waals surface area contributed by atoms with E-state index >= 15 is 0 Å². The first-order chi connectivity index (χ1) is 8.54. The third kappa shape index (κ3) is 3.27. The number of nitrogens with zero attached hydrogens (tertiary/aromatic N) is 1. The number of aliphatic hydroxyl groups is 1. The average Bonchev–Trinajstić information content (AvgIpc) is 3.11. The van der Waals surface area contributed by atoms with E-state index in [1.54, 1.807) is 6.07 Å². The van der Waals surface area contributed by atoms with Crippen molar-refractivity contribution in [1.82, 2.24) is 4.90 Å². The van der Waals surface area contributed by atoms with Crippen LogP contribution >= 0.6 is 0 Å². The van der Waals surface area contributed by atoms with E-state index in [-0.39, 0.29) is 12.0 Å². The Morgan fingerprint density at radius 3 is 2.56 bits per heavy atom. The van der Waals surface area contributed by atoms with Gasteiger partial charge in [-0.1, -0.05) is 6.07 Å². The van der Waals surface area contributed by atoms with E-state index < -0.39 is 11.6 Å². The summed E-state index contributed by atoms with van der Waals surface area (Å²) in [5, 5.41) is 9.24. The Balaban J connectivity index is 1.81. The molecule has 0 aliphatic heterocycles. The largest absolute Gasteiger partial charge is 0.396 e. The molecule has 0 radical (unpaired) electrons. The van der Waals surface area contributed by atoms with Crippen molar-refractivity contribution in [3.05, 3.63) is 35.4 Å². The lowest BCUT2D eigenvalue weighted by Gasteiger charge is -2.22. The van der Waals surface area contributed by atoms with Crippen molar-refractivity contribution < 1.29 is 13.9 Å². The van der Waals surface area contributed by atoms with E-state index in [9.17, 15) is 13.9 Å². The fourth-order valence-corrected chi connectivity index (χ4v) is 2.21. The molecule has 1 saturated carbocycles. The zero-order valence-electron chi connectivity index (χ0n) is 10.6. The number of hydrogen-bond donors (Lipinski definition) is 1. The van der Waals surface area contributed by atoms with Crippen molar-refractivity contribution in [3.63, 3.8) is 0 Å². The highest BCUT2D eigenvalue weighted by Crippen LogP contribution is 2.45. The van der Waals surface area contributed by atoms with E-state index in [2.05, 4.69) is 4.90 Å². The summed E-state index contributed by atoms with van der Waals surface area (Å²) in [6, 6.07) is 4.04. The topological polar surface area (TPSA) is 23.5 Å². The van der Waals surface area contributed by atoms with Crippen LogP contribution in [-0.4, -0.2) is 36.8 Å². The molecule has 0 atom stereocenters. The van der Waals surface area contributed by atoms with Gasteiger partial charge in [0.25, 0.3) is 0 Å². The minimum atomic E-state index is -0.802. The smallest absolute Gasteiger partial charge is 0.159 e. The first kappa shape index (κ1) is 13.4. The number of halogens is 2. The fourth-order valence-electron chi connectivity index (χ4n) is 2.21. The lowest BCUT2D eigenvalue weighted by atomic mass is 10.1. The summed E-state index contributed by atoms with van der Waals surface area (Å²) in [5.41, 5.74) is 0.901. The van der Waals surface area contributed by atoms with Gasteiger partial charge in [-0.15, -0.1) is 0 Å². The van der Waals surface area contributed by atoms with Crippen molar-refractivity contribution in [2.75, 3.05) is 26.7 Å².